The van der Waals surface area contributed by atoms with Crippen LogP contribution in [0, 0.1) is 11.6 Å². The van der Waals surface area contributed by atoms with E-state index < -0.39 is 23.3 Å². The molecule has 1 heterocycles. The smallest absolute Gasteiger partial charge is 0.410 e. The quantitative estimate of drug-likeness (QED) is 0.913. The van der Waals surface area contributed by atoms with Crippen molar-refractivity contribution in [1.29, 1.82) is 0 Å². The third kappa shape index (κ3) is 4.40. The molecule has 1 fully saturated rings. The lowest BCUT2D eigenvalue weighted by atomic mass is 10.0. The van der Waals surface area contributed by atoms with Gasteiger partial charge in [-0.2, -0.15) is 0 Å². The van der Waals surface area contributed by atoms with E-state index in [4.69, 9.17) is 4.74 Å². The highest BCUT2D eigenvalue weighted by Gasteiger charge is 2.31. The Morgan fingerprint density at radius 2 is 2.14 bits per heavy atom. The monoisotopic (exact) mass is 312 g/mol. The van der Waals surface area contributed by atoms with Crippen LogP contribution in [0.2, 0.25) is 0 Å². The van der Waals surface area contributed by atoms with E-state index in [9.17, 15) is 13.6 Å². The van der Waals surface area contributed by atoms with Crippen molar-refractivity contribution < 1.29 is 18.3 Å². The number of hydrogen-bond donors (Lipinski definition) is 1. The zero-order valence-corrected chi connectivity index (χ0v) is 13.2. The minimum atomic E-state index is -0.587. The average molecular weight is 312 g/mol. The molecule has 1 atom stereocenters. The highest BCUT2D eigenvalue weighted by Crippen LogP contribution is 2.18. The third-order valence-corrected chi connectivity index (χ3v) is 3.44. The van der Waals surface area contributed by atoms with Gasteiger partial charge in [0.15, 0.2) is 0 Å². The molecule has 1 aromatic rings. The maximum absolute atomic E-state index is 13.8. The van der Waals surface area contributed by atoms with Crippen LogP contribution in [0.25, 0.3) is 0 Å². The van der Waals surface area contributed by atoms with Crippen LogP contribution in [-0.2, 0) is 11.2 Å². The number of nitrogens with one attached hydrogen (secondary N) is 1. The van der Waals surface area contributed by atoms with Crippen molar-refractivity contribution in [3.05, 3.63) is 35.4 Å². The maximum Gasteiger partial charge on any atom is 0.410 e. The van der Waals surface area contributed by atoms with Crippen LogP contribution in [0.15, 0.2) is 18.2 Å². The molecule has 122 valence electrons. The Kier molecular flexibility index (Phi) is 5.01. The second kappa shape index (κ2) is 6.60. The molecule has 0 saturated carbocycles. The summed E-state index contributed by atoms with van der Waals surface area (Å²) in [6, 6.07) is 3.11. The van der Waals surface area contributed by atoms with Crippen molar-refractivity contribution in [2.24, 2.45) is 0 Å². The van der Waals surface area contributed by atoms with E-state index in [2.05, 4.69) is 5.32 Å². The van der Waals surface area contributed by atoms with Crippen molar-refractivity contribution in [2.75, 3.05) is 19.6 Å². The maximum atomic E-state index is 13.8. The number of ether oxygens (including phenoxy) is 1. The van der Waals surface area contributed by atoms with E-state index in [1.807, 2.05) is 0 Å². The summed E-state index contributed by atoms with van der Waals surface area (Å²) in [5.74, 6) is -0.944. The fraction of sp³-hybridized carbons (Fsp3) is 0.562. The molecule has 1 aliphatic rings. The summed E-state index contributed by atoms with van der Waals surface area (Å²) in [4.78, 5) is 13.9. The summed E-state index contributed by atoms with van der Waals surface area (Å²) >= 11 is 0. The summed E-state index contributed by atoms with van der Waals surface area (Å²) in [6.45, 7) is 7.06. The Bertz CT molecular complexity index is 543. The van der Waals surface area contributed by atoms with Crippen molar-refractivity contribution >= 4 is 6.09 Å². The lowest BCUT2D eigenvalue weighted by Crippen LogP contribution is -2.55. The van der Waals surface area contributed by atoms with Crippen molar-refractivity contribution in [3.63, 3.8) is 0 Å². The SMILES string of the molecule is CC(C)(C)OC(=O)N1CCNC[C@H]1Cc1cc(F)ccc1F. The van der Waals surface area contributed by atoms with Gasteiger partial charge in [-0.05, 0) is 51.0 Å². The van der Waals surface area contributed by atoms with Crippen LogP contribution in [-0.4, -0.2) is 42.3 Å². The minimum absolute atomic E-state index is 0.246. The highest BCUT2D eigenvalue weighted by atomic mass is 19.1. The molecule has 4 nitrogen and oxygen atoms in total. The van der Waals surface area contributed by atoms with Crippen LogP contribution in [0.3, 0.4) is 0 Å². The van der Waals surface area contributed by atoms with Gasteiger partial charge in [0.1, 0.15) is 17.2 Å². The van der Waals surface area contributed by atoms with Gasteiger partial charge in [-0.3, -0.25) is 0 Å². The Morgan fingerprint density at radius 1 is 1.41 bits per heavy atom. The van der Waals surface area contributed by atoms with Gasteiger partial charge in [-0.25, -0.2) is 13.6 Å². The van der Waals surface area contributed by atoms with Crippen LogP contribution < -0.4 is 5.32 Å². The molecule has 0 aliphatic carbocycles. The molecule has 1 aliphatic heterocycles. The van der Waals surface area contributed by atoms with Crippen molar-refractivity contribution in [1.82, 2.24) is 10.2 Å². The number of halogens is 2. The van der Waals surface area contributed by atoms with Gasteiger partial charge in [0.05, 0.1) is 6.04 Å². The summed E-state index contributed by atoms with van der Waals surface area (Å²) in [6.07, 6.45) is -0.175. The van der Waals surface area contributed by atoms with Gasteiger partial charge in [-0.15, -0.1) is 0 Å². The van der Waals surface area contributed by atoms with E-state index >= 15 is 0 Å². The molecule has 0 radical (unpaired) electrons. The molecule has 0 unspecified atom stereocenters. The van der Waals surface area contributed by atoms with E-state index in [0.717, 1.165) is 12.1 Å². The number of benzene rings is 1. The molecular weight excluding hydrogens is 290 g/mol. The molecule has 2 rings (SSSR count). The topological polar surface area (TPSA) is 41.6 Å². The first-order valence-corrected chi connectivity index (χ1v) is 7.40. The number of rotatable bonds is 2. The van der Waals surface area contributed by atoms with E-state index in [0.29, 0.717) is 19.6 Å². The Hall–Kier alpha value is -1.69. The molecule has 0 spiro atoms. The van der Waals surface area contributed by atoms with Gasteiger partial charge in [-0.1, -0.05) is 0 Å². The first kappa shape index (κ1) is 16.7. The van der Waals surface area contributed by atoms with Gasteiger partial charge in [0.25, 0.3) is 0 Å². The molecule has 0 bridgehead atoms. The third-order valence-electron chi connectivity index (χ3n) is 3.44. The zero-order valence-electron chi connectivity index (χ0n) is 13.2. The number of amides is 1. The fourth-order valence-corrected chi connectivity index (χ4v) is 2.46. The molecule has 6 heteroatoms. The van der Waals surface area contributed by atoms with Crippen LogP contribution in [0.5, 0.6) is 0 Å². The Morgan fingerprint density at radius 3 is 2.82 bits per heavy atom. The minimum Gasteiger partial charge on any atom is -0.444 e. The number of carbonyl (C=O) groups excluding carboxylic acids is 1. The standard InChI is InChI=1S/C16H22F2N2O2/c1-16(2,3)22-15(21)20-7-6-19-10-13(20)9-11-8-12(17)4-5-14(11)18/h4-5,8,13,19H,6-7,9-10H2,1-3H3/t13-/m1/s1. The van der Waals surface area contributed by atoms with E-state index in [1.54, 1.807) is 25.7 Å². The van der Waals surface area contributed by atoms with Crippen LogP contribution in [0.1, 0.15) is 26.3 Å². The average Bonchev–Trinajstić information content (AvgIpc) is 2.41. The molecule has 22 heavy (non-hydrogen) atoms. The second-order valence-electron chi connectivity index (χ2n) is 6.47. The summed E-state index contributed by atoms with van der Waals surface area (Å²) in [7, 11) is 0. The second-order valence-corrected chi connectivity index (χ2v) is 6.47. The molecule has 1 N–H and O–H groups in total. The molecule has 1 saturated heterocycles. The van der Waals surface area contributed by atoms with E-state index in [1.165, 1.54) is 6.07 Å². The number of carbonyl (C=O) groups is 1. The predicted octanol–water partition coefficient (Wildman–Crippen LogP) is 2.72. The molecule has 1 aromatic carbocycles. The largest absolute Gasteiger partial charge is 0.444 e. The van der Waals surface area contributed by atoms with Gasteiger partial charge < -0.3 is 15.0 Å². The number of piperazine rings is 1. The van der Waals surface area contributed by atoms with Crippen LogP contribution in [0.4, 0.5) is 13.6 Å². The summed E-state index contributed by atoms with van der Waals surface area (Å²) < 4.78 is 32.5. The first-order valence-electron chi connectivity index (χ1n) is 7.40. The zero-order chi connectivity index (χ0) is 16.3. The van der Waals surface area contributed by atoms with Crippen LogP contribution >= 0.6 is 0 Å². The summed E-state index contributed by atoms with van der Waals surface area (Å²) in [5, 5.41) is 3.17. The van der Waals surface area contributed by atoms with Gasteiger partial charge in [0, 0.05) is 19.6 Å². The first-order chi connectivity index (χ1) is 10.3. The van der Waals surface area contributed by atoms with Crippen molar-refractivity contribution in [3.8, 4) is 0 Å². The van der Waals surface area contributed by atoms with Gasteiger partial charge in [0.2, 0.25) is 0 Å². The van der Waals surface area contributed by atoms with Gasteiger partial charge >= 0.3 is 6.09 Å². The normalized spacial score (nSPS) is 19.1. The Balaban J connectivity index is 2.13. The van der Waals surface area contributed by atoms with E-state index in [-0.39, 0.29) is 18.0 Å². The fourth-order valence-electron chi connectivity index (χ4n) is 2.46. The highest BCUT2D eigenvalue weighted by molar-refractivity contribution is 5.68. The Labute approximate surface area is 129 Å². The number of nitrogens with zero attached hydrogens (tertiary/aromatic N) is 1. The molecule has 0 aromatic heterocycles. The molecular formula is C16H22F2N2O2. The predicted molar refractivity (Wildman–Crippen MR) is 79.7 cm³/mol. The summed E-state index contributed by atoms with van der Waals surface area (Å²) in [5.41, 5.74) is -0.321. The van der Waals surface area contributed by atoms with Crippen molar-refractivity contribution in [2.45, 2.75) is 38.8 Å². The molecule has 1 amide bonds. The lowest BCUT2D eigenvalue weighted by molar-refractivity contribution is 0.0121. The number of hydrogen-bond acceptors (Lipinski definition) is 3. The lowest BCUT2D eigenvalue weighted by Gasteiger charge is -2.37.